The topological polar surface area (TPSA) is 38.3 Å². The molecule has 1 amide bonds. The molecule has 0 aliphatic rings. The molecule has 0 saturated heterocycles. The highest BCUT2D eigenvalue weighted by molar-refractivity contribution is 8.23. The van der Waals surface area contributed by atoms with E-state index in [4.69, 9.17) is 17.0 Å². The van der Waals surface area contributed by atoms with Crippen LogP contribution in [-0.2, 0) is 0 Å². The van der Waals surface area contributed by atoms with Gasteiger partial charge in [0.25, 0.3) is 0 Å². The van der Waals surface area contributed by atoms with Gasteiger partial charge in [0.05, 0.1) is 0 Å². The lowest BCUT2D eigenvalue weighted by molar-refractivity contribution is 0.206. The van der Waals surface area contributed by atoms with Crippen LogP contribution in [0.4, 0.5) is 4.79 Å². The molecule has 16 heavy (non-hydrogen) atoms. The summed E-state index contributed by atoms with van der Waals surface area (Å²) >= 11 is 6.23. The number of carbonyl (C=O) groups is 1. The van der Waals surface area contributed by atoms with Crippen LogP contribution < -0.4 is 10.1 Å². The Labute approximate surface area is 104 Å². The van der Waals surface area contributed by atoms with E-state index in [1.54, 1.807) is 30.3 Å². The summed E-state index contributed by atoms with van der Waals surface area (Å²) in [5.41, 5.74) is 0. The van der Waals surface area contributed by atoms with Crippen LogP contribution in [0.5, 0.6) is 5.75 Å². The van der Waals surface area contributed by atoms with E-state index in [9.17, 15) is 4.79 Å². The fourth-order valence-corrected chi connectivity index (χ4v) is 1.59. The predicted octanol–water partition coefficient (Wildman–Crippen LogP) is 2.98. The van der Waals surface area contributed by atoms with E-state index in [-0.39, 0.29) is 0 Å². The van der Waals surface area contributed by atoms with E-state index < -0.39 is 6.09 Å². The second kappa shape index (κ2) is 7.03. The monoisotopic (exact) mass is 253 g/mol. The van der Waals surface area contributed by atoms with Gasteiger partial charge in [-0.3, -0.25) is 5.32 Å². The number of benzene rings is 1. The van der Waals surface area contributed by atoms with Crippen LogP contribution in [0.1, 0.15) is 0 Å². The summed E-state index contributed by atoms with van der Waals surface area (Å²) in [6, 6.07) is 8.80. The first-order valence-corrected chi connectivity index (χ1v) is 5.93. The number of amides is 1. The van der Waals surface area contributed by atoms with Gasteiger partial charge in [0.1, 0.15) is 10.1 Å². The Morgan fingerprint density at radius 3 is 2.81 bits per heavy atom. The van der Waals surface area contributed by atoms with Gasteiger partial charge in [0.15, 0.2) is 0 Å². The van der Waals surface area contributed by atoms with Crippen LogP contribution in [-0.4, -0.2) is 16.2 Å². The minimum absolute atomic E-state index is 0.376. The predicted molar refractivity (Wildman–Crippen MR) is 70.9 cm³/mol. The van der Waals surface area contributed by atoms with Crippen molar-refractivity contribution < 1.29 is 9.53 Å². The van der Waals surface area contributed by atoms with Crippen molar-refractivity contribution in [1.82, 2.24) is 5.32 Å². The molecule has 0 fully saturated rings. The maximum atomic E-state index is 11.3. The van der Waals surface area contributed by atoms with Crippen LogP contribution in [0.2, 0.25) is 0 Å². The van der Waals surface area contributed by atoms with Crippen LogP contribution in [0, 0.1) is 0 Å². The molecule has 0 aliphatic heterocycles. The maximum Gasteiger partial charge on any atom is 0.418 e. The zero-order valence-corrected chi connectivity index (χ0v) is 10.1. The normalized spacial score (nSPS) is 9.25. The molecule has 0 bridgehead atoms. The Morgan fingerprint density at radius 2 is 2.19 bits per heavy atom. The third-order valence-electron chi connectivity index (χ3n) is 1.49. The maximum absolute atomic E-state index is 11.3. The molecular formula is C11H11NO2S2. The number of nitrogens with one attached hydrogen (secondary N) is 1. The molecule has 0 aliphatic carbocycles. The standard InChI is InChI=1S/C11H11NO2S2/c1-2-8-16-11(15)12-10(13)14-9-6-4-3-5-7-9/h2-7H,1,8H2,(H,12,13,15). The fraction of sp³-hybridized carbons (Fsp3) is 0.0909. The SMILES string of the molecule is C=CCSC(=S)NC(=O)Oc1ccccc1. The fourth-order valence-electron chi connectivity index (χ4n) is 0.875. The Kier molecular flexibility index (Phi) is 5.60. The van der Waals surface area contributed by atoms with Gasteiger partial charge >= 0.3 is 6.09 Å². The van der Waals surface area contributed by atoms with Crippen LogP contribution in [0.15, 0.2) is 43.0 Å². The first-order chi connectivity index (χ1) is 7.72. The van der Waals surface area contributed by atoms with Crippen molar-refractivity contribution >= 4 is 34.4 Å². The van der Waals surface area contributed by atoms with Crippen LogP contribution in [0.3, 0.4) is 0 Å². The molecule has 5 heteroatoms. The zero-order chi connectivity index (χ0) is 11.8. The second-order valence-corrected chi connectivity index (χ2v) is 4.41. The average molecular weight is 253 g/mol. The van der Waals surface area contributed by atoms with E-state index >= 15 is 0 Å². The minimum Gasteiger partial charge on any atom is -0.410 e. The third kappa shape index (κ3) is 4.95. The summed E-state index contributed by atoms with van der Waals surface area (Å²) in [7, 11) is 0. The summed E-state index contributed by atoms with van der Waals surface area (Å²) in [5.74, 6) is 1.14. The number of hydrogen-bond acceptors (Lipinski definition) is 4. The van der Waals surface area contributed by atoms with E-state index in [2.05, 4.69) is 11.9 Å². The molecule has 0 spiro atoms. The molecule has 0 radical (unpaired) electrons. The number of thioether (sulfide) groups is 1. The molecule has 0 atom stereocenters. The number of ether oxygens (including phenoxy) is 1. The molecule has 1 aromatic carbocycles. The van der Waals surface area contributed by atoms with Crippen molar-refractivity contribution in [3.05, 3.63) is 43.0 Å². The van der Waals surface area contributed by atoms with Crippen LogP contribution in [0.25, 0.3) is 0 Å². The molecule has 0 aromatic heterocycles. The summed E-state index contributed by atoms with van der Waals surface area (Å²) in [5, 5.41) is 2.45. The first kappa shape index (κ1) is 12.7. The van der Waals surface area contributed by atoms with Crippen molar-refractivity contribution in [3.8, 4) is 5.75 Å². The molecule has 1 aromatic rings. The van der Waals surface area contributed by atoms with Crippen molar-refractivity contribution in [3.63, 3.8) is 0 Å². The van der Waals surface area contributed by atoms with Gasteiger partial charge in [-0.05, 0) is 12.1 Å². The lowest BCUT2D eigenvalue weighted by Gasteiger charge is -2.05. The van der Waals surface area contributed by atoms with Gasteiger partial charge in [-0.1, -0.05) is 48.3 Å². The van der Waals surface area contributed by atoms with E-state index in [1.165, 1.54) is 11.8 Å². The highest BCUT2D eigenvalue weighted by atomic mass is 32.2. The van der Waals surface area contributed by atoms with Crippen LogP contribution >= 0.6 is 24.0 Å². The quantitative estimate of drug-likeness (QED) is 0.664. The molecule has 1 N–H and O–H groups in total. The number of rotatable bonds is 3. The molecule has 0 saturated carbocycles. The second-order valence-electron chi connectivity index (χ2n) is 2.71. The lowest BCUT2D eigenvalue weighted by atomic mass is 10.3. The smallest absolute Gasteiger partial charge is 0.410 e. The van der Waals surface area contributed by atoms with Crippen molar-refractivity contribution in [2.75, 3.05) is 5.75 Å². The van der Waals surface area contributed by atoms with Crippen molar-refractivity contribution in [2.24, 2.45) is 0 Å². The van der Waals surface area contributed by atoms with Gasteiger partial charge in [-0.2, -0.15) is 0 Å². The minimum atomic E-state index is -0.576. The molecule has 0 unspecified atom stereocenters. The molecule has 84 valence electrons. The Morgan fingerprint density at radius 1 is 1.50 bits per heavy atom. The molecule has 0 heterocycles. The Balaban J connectivity index is 2.36. The summed E-state index contributed by atoms with van der Waals surface area (Å²) in [6.07, 6.45) is 1.13. The first-order valence-electron chi connectivity index (χ1n) is 4.54. The van der Waals surface area contributed by atoms with Crippen molar-refractivity contribution in [1.29, 1.82) is 0 Å². The number of hydrogen-bond donors (Lipinski definition) is 1. The summed E-state index contributed by atoms with van der Waals surface area (Å²) in [6.45, 7) is 3.56. The number of para-hydroxylation sites is 1. The Hall–Kier alpha value is -1.33. The van der Waals surface area contributed by atoms with E-state index in [1.807, 2.05) is 6.07 Å². The van der Waals surface area contributed by atoms with E-state index in [0.29, 0.717) is 15.8 Å². The average Bonchev–Trinajstić information content (AvgIpc) is 2.27. The highest BCUT2D eigenvalue weighted by Gasteiger charge is 2.06. The molecule has 1 rings (SSSR count). The van der Waals surface area contributed by atoms with Crippen molar-refractivity contribution in [2.45, 2.75) is 0 Å². The highest BCUT2D eigenvalue weighted by Crippen LogP contribution is 2.09. The van der Waals surface area contributed by atoms with Gasteiger partial charge in [0, 0.05) is 5.75 Å². The van der Waals surface area contributed by atoms with Gasteiger partial charge in [-0.15, -0.1) is 6.58 Å². The van der Waals surface area contributed by atoms with Gasteiger partial charge in [-0.25, -0.2) is 4.79 Å². The van der Waals surface area contributed by atoms with Gasteiger partial charge in [0.2, 0.25) is 0 Å². The number of thiocarbonyl (C=S) groups is 1. The van der Waals surface area contributed by atoms with E-state index in [0.717, 1.165) is 0 Å². The number of carbonyl (C=O) groups excluding carboxylic acids is 1. The Bertz CT molecular complexity index is 379. The molecule has 3 nitrogen and oxygen atoms in total. The summed E-state index contributed by atoms with van der Waals surface area (Å²) < 4.78 is 5.36. The third-order valence-corrected chi connectivity index (χ3v) is 2.71. The molecular weight excluding hydrogens is 242 g/mol. The van der Waals surface area contributed by atoms with Gasteiger partial charge < -0.3 is 4.74 Å². The zero-order valence-electron chi connectivity index (χ0n) is 8.51. The summed E-state index contributed by atoms with van der Waals surface area (Å²) in [4.78, 5) is 11.3. The lowest BCUT2D eigenvalue weighted by Crippen LogP contribution is -2.29. The largest absolute Gasteiger partial charge is 0.418 e.